The normalized spacial score (nSPS) is 18.1. The molecule has 0 spiro atoms. The summed E-state index contributed by atoms with van der Waals surface area (Å²) in [5.41, 5.74) is 1.90. The lowest BCUT2D eigenvalue weighted by atomic mass is 9.92. The predicted molar refractivity (Wildman–Crippen MR) is 123 cm³/mol. The fraction of sp³-hybridized carbons (Fsp3) is 0.375. The zero-order chi connectivity index (χ0) is 23.0. The fourth-order valence-electron chi connectivity index (χ4n) is 3.89. The highest BCUT2D eigenvalue weighted by Crippen LogP contribution is 2.23. The van der Waals surface area contributed by atoms with Crippen LogP contribution in [-0.4, -0.2) is 38.9 Å². The molecule has 2 atom stereocenters. The van der Waals surface area contributed by atoms with Gasteiger partial charge >= 0.3 is 5.97 Å². The van der Waals surface area contributed by atoms with E-state index in [0.29, 0.717) is 6.61 Å². The highest BCUT2D eigenvalue weighted by Gasteiger charge is 2.28. The molecule has 8 nitrogen and oxygen atoms in total. The van der Waals surface area contributed by atoms with E-state index in [1.54, 1.807) is 11.3 Å². The predicted octanol–water partition coefficient (Wildman–Crippen LogP) is 3.87. The first-order valence-corrected chi connectivity index (χ1v) is 11.9. The van der Waals surface area contributed by atoms with Gasteiger partial charge in [0.05, 0.1) is 18.8 Å². The Hall–Kier alpha value is -3.17. The quantitative estimate of drug-likeness (QED) is 0.467. The molecule has 2 N–H and O–H groups in total. The number of benzene rings is 1. The number of ether oxygens (including phenoxy) is 2. The van der Waals surface area contributed by atoms with Gasteiger partial charge in [-0.3, -0.25) is 4.79 Å². The molecular weight excluding hydrogens is 442 g/mol. The average Bonchev–Trinajstić information content (AvgIpc) is 3.48. The molecule has 0 unspecified atom stereocenters. The van der Waals surface area contributed by atoms with Crippen molar-refractivity contribution in [3.05, 3.63) is 70.0 Å². The maximum atomic E-state index is 12.8. The van der Waals surface area contributed by atoms with Crippen LogP contribution in [0.4, 0.5) is 0 Å². The first-order valence-electron chi connectivity index (χ1n) is 11.0. The molecule has 33 heavy (non-hydrogen) atoms. The number of rotatable bonds is 10. The van der Waals surface area contributed by atoms with Gasteiger partial charge in [-0.15, -0.1) is 0 Å². The largest absolute Gasteiger partial charge is 0.476 e. The van der Waals surface area contributed by atoms with Gasteiger partial charge < -0.3 is 19.9 Å². The Kier molecular flexibility index (Phi) is 7.74. The SMILES string of the molecule is O=C(Cn1nc(C(=O)O)cc1OCc1ccsc1)N[C@H]1CCCC[C@@H]1OCc1ccccc1. The molecule has 2 aromatic heterocycles. The average molecular weight is 470 g/mol. The van der Waals surface area contributed by atoms with Crippen LogP contribution < -0.4 is 10.1 Å². The molecule has 0 radical (unpaired) electrons. The standard InChI is InChI=1S/C24H27N3O5S/c28-22(25-19-8-4-5-9-21(19)31-14-17-6-2-1-3-7-17)13-27-23(12-20(26-27)24(29)30)32-15-18-10-11-33-16-18/h1-3,6-7,10-12,16,19,21H,4-5,8-9,13-15H2,(H,25,28)(H,29,30)/t19-,21-/m0/s1. The molecule has 3 aromatic rings. The number of hydrogen-bond donors (Lipinski definition) is 2. The Morgan fingerprint density at radius 2 is 1.94 bits per heavy atom. The maximum Gasteiger partial charge on any atom is 0.356 e. The number of aromatic carboxylic acids is 1. The molecule has 2 heterocycles. The first-order chi connectivity index (χ1) is 16.1. The first kappa shape index (κ1) is 23.0. The minimum Gasteiger partial charge on any atom is -0.476 e. The second-order valence-corrected chi connectivity index (χ2v) is 8.82. The van der Waals surface area contributed by atoms with Crippen molar-refractivity contribution in [2.45, 2.75) is 57.6 Å². The highest BCUT2D eigenvalue weighted by atomic mass is 32.1. The number of hydrogen-bond acceptors (Lipinski definition) is 6. The minimum atomic E-state index is -1.17. The maximum absolute atomic E-state index is 12.8. The van der Waals surface area contributed by atoms with Crippen molar-refractivity contribution in [1.29, 1.82) is 0 Å². The van der Waals surface area contributed by atoms with Crippen molar-refractivity contribution in [2.75, 3.05) is 0 Å². The van der Waals surface area contributed by atoms with E-state index in [0.717, 1.165) is 36.8 Å². The number of carbonyl (C=O) groups is 2. The van der Waals surface area contributed by atoms with Crippen LogP contribution in [0.15, 0.2) is 53.2 Å². The third-order valence-electron chi connectivity index (χ3n) is 5.58. The van der Waals surface area contributed by atoms with E-state index in [1.165, 1.54) is 10.7 Å². The fourth-order valence-corrected chi connectivity index (χ4v) is 4.55. The van der Waals surface area contributed by atoms with E-state index in [2.05, 4.69) is 10.4 Å². The topological polar surface area (TPSA) is 103 Å². The second kappa shape index (κ2) is 11.1. The molecule has 4 rings (SSSR count). The molecule has 1 fully saturated rings. The molecule has 9 heteroatoms. The van der Waals surface area contributed by atoms with Gasteiger partial charge in [0.1, 0.15) is 13.2 Å². The number of nitrogens with one attached hydrogen (secondary N) is 1. The summed E-state index contributed by atoms with van der Waals surface area (Å²) in [5, 5.41) is 20.3. The number of amides is 1. The van der Waals surface area contributed by atoms with E-state index in [-0.39, 0.29) is 42.8 Å². The molecule has 174 valence electrons. The van der Waals surface area contributed by atoms with Crippen LogP contribution in [0.1, 0.15) is 47.3 Å². The Balaban J connectivity index is 1.37. The van der Waals surface area contributed by atoms with Crippen molar-refractivity contribution < 1.29 is 24.2 Å². The minimum absolute atomic E-state index is 0.0654. The van der Waals surface area contributed by atoms with Crippen molar-refractivity contribution in [2.24, 2.45) is 0 Å². The van der Waals surface area contributed by atoms with Gasteiger partial charge in [0.15, 0.2) is 5.69 Å². The summed E-state index contributed by atoms with van der Waals surface area (Å²) in [4.78, 5) is 24.2. The van der Waals surface area contributed by atoms with Gasteiger partial charge in [0, 0.05) is 11.6 Å². The molecule has 1 aliphatic carbocycles. The van der Waals surface area contributed by atoms with Gasteiger partial charge in [-0.1, -0.05) is 43.2 Å². The Morgan fingerprint density at radius 1 is 1.12 bits per heavy atom. The van der Waals surface area contributed by atoms with E-state index in [9.17, 15) is 14.7 Å². The Labute approximate surface area is 196 Å². The van der Waals surface area contributed by atoms with E-state index in [4.69, 9.17) is 9.47 Å². The molecular formula is C24H27N3O5S. The molecule has 0 aliphatic heterocycles. The summed E-state index contributed by atoms with van der Waals surface area (Å²) in [7, 11) is 0. The molecule has 1 saturated carbocycles. The van der Waals surface area contributed by atoms with Crippen molar-refractivity contribution in [1.82, 2.24) is 15.1 Å². The molecule has 1 amide bonds. The van der Waals surface area contributed by atoms with Crippen molar-refractivity contribution in [3.8, 4) is 5.88 Å². The number of aromatic nitrogens is 2. The molecule has 0 bridgehead atoms. The van der Waals surface area contributed by atoms with E-state index >= 15 is 0 Å². The monoisotopic (exact) mass is 469 g/mol. The van der Waals surface area contributed by atoms with Crippen LogP contribution in [0, 0.1) is 0 Å². The third-order valence-corrected chi connectivity index (χ3v) is 6.31. The van der Waals surface area contributed by atoms with Gasteiger partial charge in [-0.2, -0.15) is 16.4 Å². The number of thiophene rings is 1. The van der Waals surface area contributed by atoms with Gasteiger partial charge in [-0.25, -0.2) is 9.48 Å². The summed E-state index contributed by atoms with van der Waals surface area (Å²) < 4.78 is 13.2. The summed E-state index contributed by atoms with van der Waals surface area (Å²) >= 11 is 1.55. The Bertz CT molecular complexity index is 1050. The van der Waals surface area contributed by atoms with E-state index in [1.807, 2.05) is 47.2 Å². The summed E-state index contributed by atoms with van der Waals surface area (Å²) in [6.45, 7) is 0.641. The van der Waals surface area contributed by atoms with E-state index < -0.39 is 5.97 Å². The summed E-state index contributed by atoms with van der Waals surface area (Å²) in [6, 6.07) is 13.1. The highest BCUT2D eigenvalue weighted by molar-refractivity contribution is 7.07. The van der Waals surface area contributed by atoms with Gasteiger partial charge in [-0.05, 0) is 35.2 Å². The second-order valence-electron chi connectivity index (χ2n) is 8.04. The zero-order valence-electron chi connectivity index (χ0n) is 18.2. The number of carbonyl (C=O) groups excluding carboxylic acids is 1. The van der Waals surface area contributed by atoms with Crippen molar-refractivity contribution >= 4 is 23.2 Å². The number of nitrogens with zero attached hydrogens (tertiary/aromatic N) is 2. The lowest BCUT2D eigenvalue weighted by Gasteiger charge is -2.32. The molecule has 0 saturated heterocycles. The van der Waals surface area contributed by atoms with Crippen molar-refractivity contribution in [3.63, 3.8) is 0 Å². The molecule has 1 aromatic carbocycles. The lowest BCUT2D eigenvalue weighted by molar-refractivity contribution is -0.124. The van der Waals surface area contributed by atoms with Crippen LogP contribution in [0.5, 0.6) is 5.88 Å². The van der Waals surface area contributed by atoms with Crippen LogP contribution >= 0.6 is 11.3 Å². The van der Waals surface area contributed by atoms with Crippen LogP contribution in [0.3, 0.4) is 0 Å². The molecule has 1 aliphatic rings. The van der Waals surface area contributed by atoms with Crippen LogP contribution in [0.25, 0.3) is 0 Å². The van der Waals surface area contributed by atoms with Crippen LogP contribution in [0.2, 0.25) is 0 Å². The number of carboxylic acid groups (broad SMARTS) is 1. The number of carboxylic acids is 1. The van der Waals surface area contributed by atoms with Crippen LogP contribution in [-0.2, 0) is 29.3 Å². The lowest BCUT2D eigenvalue weighted by Crippen LogP contribution is -2.47. The Morgan fingerprint density at radius 3 is 2.70 bits per heavy atom. The summed E-state index contributed by atoms with van der Waals surface area (Å²) in [6.07, 6.45) is 3.75. The smallest absolute Gasteiger partial charge is 0.356 e. The van der Waals surface area contributed by atoms with Gasteiger partial charge in [0.2, 0.25) is 11.8 Å². The summed E-state index contributed by atoms with van der Waals surface area (Å²) in [5.74, 6) is -1.18. The van der Waals surface area contributed by atoms with Gasteiger partial charge in [0.25, 0.3) is 0 Å². The third kappa shape index (κ3) is 6.43. The zero-order valence-corrected chi connectivity index (χ0v) is 19.0.